The molecule has 6 amide bonds. The monoisotopic (exact) mass is 643 g/mol. The minimum absolute atomic E-state index is 0. The molecule has 5 rings (SSSR count). The summed E-state index contributed by atoms with van der Waals surface area (Å²) in [6.45, 7) is 4.23. The van der Waals surface area contributed by atoms with Gasteiger partial charge in [-0.3, -0.25) is 34.2 Å². The van der Waals surface area contributed by atoms with Crippen molar-refractivity contribution in [3.8, 4) is 0 Å². The number of hydrogen-bond donors (Lipinski definition) is 2. The summed E-state index contributed by atoms with van der Waals surface area (Å²) in [7, 11) is 0. The molecule has 1 aromatic carbocycles. The van der Waals surface area contributed by atoms with Crippen molar-refractivity contribution < 1.29 is 68.2 Å². The Balaban J connectivity index is 0.00000461. The molecule has 45 heavy (non-hydrogen) atoms. The summed E-state index contributed by atoms with van der Waals surface area (Å²) < 4.78 is 4.92. The standard InChI is InChI=1S/C28H27N7O8S.Na/c1-15(36)43-13-17-14-44-25-21(24(38)35(25)22(17)26(39)40)31-23(37)20(16-7-4-3-5-8-16)32-27(41)33-12-19(29-2)34(28(33)42)18-9-6-10-30-11-18;/h3-11,19-21,25H,2,12-14H2,1H3,(H,31,37)(H,32,41)(H,39,40);/q;+1/p-1/t19?,20?,21?,25-;/m0./s1. The first-order valence-electron chi connectivity index (χ1n) is 13.3. The van der Waals surface area contributed by atoms with E-state index in [-0.39, 0.29) is 54.0 Å². The quantitative estimate of drug-likeness (QED) is 0.122. The van der Waals surface area contributed by atoms with Crippen LogP contribution in [0.25, 0.3) is 0 Å². The fourth-order valence-corrected chi connectivity index (χ4v) is 6.35. The van der Waals surface area contributed by atoms with Crippen molar-refractivity contribution in [1.29, 1.82) is 0 Å². The molecular weight excluding hydrogens is 617 g/mol. The van der Waals surface area contributed by atoms with E-state index in [2.05, 4.69) is 27.3 Å². The van der Waals surface area contributed by atoms with Crippen molar-refractivity contribution in [2.45, 2.75) is 30.5 Å². The van der Waals surface area contributed by atoms with Crippen LogP contribution in [0.5, 0.6) is 0 Å². The van der Waals surface area contributed by atoms with Gasteiger partial charge in [-0.1, -0.05) is 30.3 Å². The fraction of sp³-hybridized carbons (Fsp3) is 0.286. The van der Waals surface area contributed by atoms with Gasteiger partial charge >= 0.3 is 47.6 Å². The number of carboxylic acids is 1. The number of thioether (sulfide) groups is 1. The fourth-order valence-electron chi connectivity index (χ4n) is 5.02. The van der Waals surface area contributed by atoms with Crippen LogP contribution < -0.4 is 50.2 Å². The predicted octanol–water partition coefficient (Wildman–Crippen LogP) is -3.23. The molecule has 228 valence electrons. The number of nitrogens with one attached hydrogen (secondary N) is 2. The molecule has 3 unspecified atom stereocenters. The number of carboxylic acid groups (broad SMARTS) is 1. The molecule has 4 atom stereocenters. The van der Waals surface area contributed by atoms with Gasteiger partial charge in [0.1, 0.15) is 30.2 Å². The summed E-state index contributed by atoms with van der Waals surface area (Å²) in [5.41, 5.74) is 0.555. The van der Waals surface area contributed by atoms with Gasteiger partial charge in [0.25, 0.3) is 5.91 Å². The van der Waals surface area contributed by atoms with Crippen molar-refractivity contribution >= 4 is 60.0 Å². The predicted molar refractivity (Wildman–Crippen MR) is 154 cm³/mol. The number of aliphatic carboxylic acids is 1. The van der Waals surface area contributed by atoms with E-state index in [0.29, 0.717) is 11.3 Å². The summed E-state index contributed by atoms with van der Waals surface area (Å²) in [6.07, 6.45) is 2.18. The zero-order chi connectivity index (χ0) is 31.5. The minimum atomic E-state index is -1.62. The molecule has 0 spiro atoms. The average molecular weight is 644 g/mol. The van der Waals surface area contributed by atoms with Crippen molar-refractivity contribution in [3.05, 3.63) is 71.7 Å². The van der Waals surface area contributed by atoms with E-state index in [4.69, 9.17) is 4.74 Å². The SMILES string of the molecule is C=NC1CN(C(=O)NC(C(=O)NC2C(=O)N3C(C(=O)[O-])=C(COC(C)=O)CS[C@@H]23)c2ccccc2)C(=O)N1c1cccnc1.[Na+]. The maximum absolute atomic E-state index is 13.6. The second kappa shape index (κ2) is 14.2. The van der Waals surface area contributed by atoms with E-state index in [0.717, 1.165) is 9.80 Å². The molecule has 0 radical (unpaired) electrons. The molecule has 15 nitrogen and oxygen atoms in total. The summed E-state index contributed by atoms with van der Waals surface area (Å²) in [5, 5.41) is 16.3. The van der Waals surface area contributed by atoms with Crippen LogP contribution in [0.3, 0.4) is 0 Å². The smallest absolute Gasteiger partial charge is 0.543 e. The first-order valence-corrected chi connectivity index (χ1v) is 14.3. The Morgan fingerprint density at radius 1 is 1.16 bits per heavy atom. The second-order valence-corrected chi connectivity index (χ2v) is 11.0. The molecule has 2 N–H and O–H groups in total. The number of pyridine rings is 1. The number of β-lactam (4-membered cyclic amide) rings is 1. The molecule has 17 heteroatoms. The Bertz CT molecular complexity index is 1560. The van der Waals surface area contributed by atoms with Crippen LogP contribution >= 0.6 is 11.8 Å². The molecule has 0 aliphatic carbocycles. The van der Waals surface area contributed by atoms with E-state index in [1.54, 1.807) is 42.5 Å². The largest absolute Gasteiger partial charge is 1.00 e. The Hall–Kier alpha value is -4.25. The number of aliphatic imine (C=N–C) groups is 1. The van der Waals surface area contributed by atoms with Gasteiger partial charge < -0.3 is 25.3 Å². The number of rotatable bonds is 9. The van der Waals surface area contributed by atoms with E-state index < -0.39 is 65.1 Å². The van der Waals surface area contributed by atoms with Crippen LogP contribution in [-0.2, 0) is 23.9 Å². The maximum Gasteiger partial charge on any atom is 1.00 e. The van der Waals surface area contributed by atoms with Crippen LogP contribution in [0.4, 0.5) is 15.3 Å². The number of carbonyl (C=O) groups excluding carboxylic acids is 6. The number of nitrogens with zero attached hydrogens (tertiary/aromatic N) is 5. The number of benzene rings is 1. The number of aromatic nitrogens is 1. The summed E-state index contributed by atoms with van der Waals surface area (Å²) in [4.78, 5) is 87.6. The first-order chi connectivity index (χ1) is 21.1. The maximum atomic E-state index is 13.6. The molecule has 2 fully saturated rings. The second-order valence-electron chi connectivity index (χ2n) is 9.85. The van der Waals surface area contributed by atoms with Crippen molar-refractivity contribution in [1.82, 2.24) is 25.4 Å². The number of urea groups is 2. The van der Waals surface area contributed by atoms with E-state index in [1.165, 1.54) is 36.0 Å². The topological polar surface area (TPSA) is 194 Å². The van der Waals surface area contributed by atoms with Crippen LogP contribution in [0.2, 0.25) is 0 Å². The third-order valence-electron chi connectivity index (χ3n) is 7.11. The Kier molecular flexibility index (Phi) is 10.6. The van der Waals surface area contributed by atoms with Gasteiger partial charge in [-0.05, 0) is 24.4 Å². The molecular formula is C28H26N7NaO8S. The van der Waals surface area contributed by atoms with Crippen LogP contribution in [-0.4, -0.2) is 93.8 Å². The van der Waals surface area contributed by atoms with E-state index in [1.807, 2.05) is 0 Å². The number of amides is 6. The van der Waals surface area contributed by atoms with Gasteiger partial charge in [-0.2, -0.15) is 0 Å². The van der Waals surface area contributed by atoms with Crippen molar-refractivity contribution in [2.75, 3.05) is 23.8 Å². The number of ether oxygens (including phenoxy) is 1. The van der Waals surface area contributed by atoms with Gasteiger partial charge in [0.15, 0.2) is 0 Å². The van der Waals surface area contributed by atoms with Crippen molar-refractivity contribution in [3.63, 3.8) is 0 Å². The van der Waals surface area contributed by atoms with Crippen LogP contribution in [0, 0.1) is 0 Å². The Morgan fingerprint density at radius 3 is 2.51 bits per heavy atom. The van der Waals surface area contributed by atoms with Crippen molar-refractivity contribution in [2.24, 2.45) is 4.99 Å². The number of fused-ring (bicyclic) bond motifs is 1. The number of imide groups is 1. The normalized spacial score (nSPS) is 21.2. The third-order valence-corrected chi connectivity index (χ3v) is 8.45. The summed E-state index contributed by atoms with van der Waals surface area (Å²) >= 11 is 1.17. The first kappa shape index (κ1) is 33.6. The molecule has 0 bridgehead atoms. The Morgan fingerprint density at radius 2 is 1.89 bits per heavy atom. The summed E-state index contributed by atoms with van der Waals surface area (Å²) in [6, 6.07) is 7.43. The van der Waals surface area contributed by atoms with Gasteiger partial charge in [-0.25, -0.2) is 14.5 Å². The molecule has 0 saturated carbocycles. The number of hydrogen-bond acceptors (Lipinski definition) is 11. The summed E-state index contributed by atoms with van der Waals surface area (Å²) in [5.74, 6) is -3.60. The van der Waals surface area contributed by atoms with Crippen LogP contribution in [0.15, 0.2) is 71.1 Å². The minimum Gasteiger partial charge on any atom is -0.543 e. The average Bonchev–Trinajstić information content (AvgIpc) is 3.37. The molecule has 4 heterocycles. The third kappa shape index (κ3) is 6.73. The number of anilines is 1. The molecule has 3 aliphatic rings. The molecule has 2 saturated heterocycles. The van der Waals surface area contributed by atoms with Gasteiger partial charge in [0.05, 0.1) is 30.1 Å². The van der Waals surface area contributed by atoms with Gasteiger partial charge in [0, 0.05) is 24.4 Å². The van der Waals surface area contributed by atoms with Gasteiger partial charge in [0.2, 0.25) is 5.91 Å². The zero-order valence-corrected chi connectivity index (χ0v) is 27.1. The Labute approximate surface area is 283 Å². The van der Waals surface area contributed by atoms with Gasteiger partial charge in [-0.15, -0.1) is 11.8 Å². The van der Waals surface area contributed by atoms with Crippen LogP contribution in [0.1, 0.15) is 18.5 Å². The molecule has 1 aromatic heterocycles. The van der Waals surface area contributed by atoms with E-state index >= 15 is 0 Å². The number of esters is 1. The molecule has 3 aliphatic heterocycles. The number of carbonyl (C=O) groups is 6. The zero-order valence-electron chi connectivity index (χ0n) is 24.2. The van der Waals surface area contributed by atoms with E-state index in [9.17, 15) is 33.9 Å². The molecule has 2 aromatic rings.